The molecule has 0 saturated carbocycles. The molecule has 0 aliphatic carbocycles. The summed E-state index contributed by atoms with van der Waals surface area (Å²) in [6, 6.07) is 8.23. The van der Waals surface area contributed by atoms with Gasteiger partial charge >= 0.3 is 0 Å². The van der Waals surface area contributed by atoms with Crippen LogP contribution in [-0.2, 0) is 10.0 Å². The summed E-state index contributed by atoms with van der Waals surface area (Å²) in [5.74, 6) is -1.33. The number of likely N-dealkylation sites (tertiary alicyclic amines) is 1. The minimum atomic E-state index is -4.09. The number of nitrogens with one attached hydrogen (secondary N) is 2. The zero-order chi connectivity index (χ0) is 23.5. The smallest absolute Gasteiger partial charge is 0.261 e. The molecule has 1 saturated heterocycles. The third-order valence-electron chi connectivity index (χ3n) is 5.45. The molecule has 0 bridgehead atoms. The van der Waals surface area contributed by atoms with Crippen molar-refractivity contribution in [2.75, 3.05) is 24.4 Å². The van der Waals surface area contributed by atoms with Gasteiger partial charge in [0.1, 0.15) is 0 Å². The van der Waals surface area contributed by atoms with Crippen LogP contribution in [-0.4, -0.2) is 44.9 Å². The van der Waals surface area contributed by atoms with Crippen molar-refractivity contribution < 1.29 is 22.0 Å². The van der Waals surface area contributed by atoms with Gasteiger partial charge in [-0.3, -0.25) is 9.52 Å². The van der Waals surface area contributed by atoms with Gasteiger partial charge in [-0.2, -0.15) is 0 Å². The molecule has 2 N–H and O–H groups in total. The lowest BCUT2D eigenvalue weighted by Gasteiger charge is -2.36. The van der Waals surface area contributed by atoms with Crippen molar-refractivity contribution in [3.8, 4) is 0 Å². The number of hydrogen-bond acceptors (Lipinski definition) is 4. The number of carbonyl (C=O) groups excluding carboxylic acids is 1. The lowest BCUT2D eigenvalue weighted by molar-refractivity contribution is 0.0905. The first-order valence-corrected chi connectivity index (χ1v) is 12.1. The Morgan fingerprint density at radius 1 is 1.06 bits per heavy atom. The standard InChI is InChI=1S/C23H29F2N3O3S/c1-15-10-16(2)13-28(12-15)14-17(3)26-23(29)18-4-6-19(7-5-18)27-32(30,31)20-8-9-21(24)22(25)11-20/h4-9,11,15-17,27H,10,12-14H2,1-3H3,(H,26,29). The van der Waals surface area contributed by atoms with Crippen LogP contribution in [0.15, 0.2) is 47.4 Å². The quantitative estimate of drug-likeness (QED) is 0.651. The van der Waals surface area contributed by atoms with Crippen LogP contribution < -0.4 is 10.0 Å². The Bertz CT molecular complexity index is 1050. The van der Waals surface area contributed by atoms with Crippen LogP contribution in [0, 0.1) is 23.5 Å². The summed E-state index contributed by atoms with van der Waals surface area (Å²) < 4.78 is 53.5. The van der Waals surface area contributed by atoms with Crippen LogP contribution in [0.25, 0.3) is 0 Å². The lowest BCUT2D eigenvalue weighted by Crippen LogP contribution is -2.47. The highest BCUT2D eigenvalue weighted by molar-refractivity contribution is 7.92. The molecule has 0 radical (unpaired) electrons. The topological polar surface area (TPSA) is 78.5 Å². The fourth-order valence-corrected chi connectivity index (χ4v) is 5.30. The van der Waals surface area contributed by atoms with Crippen molar-refractivity contribution in [2.45, 2.75) is 38.1 Å². The third-order valence-corrected chi connectivity index (χ3v) is 6.83. The number of benzene rings is 2. The molecule has 0 spiro atoms. The summed E-state index contributed by atoms with van der Waals surface area (Å²) in [4.78, 5) is 14.5. The Hall–Kier alpha value is -2.52. The highest BCUT2D eigenvalue weighted by Gasteiger charge is 2.23. The van der Waals surface area contributed by atoms with Gasteiger partial charge in [0.25, 0.3) is 15.9 Å². The Kier molecular flexibility index (Phi) is 7.51. The van der Waals surface area contributed by atoms with Gasteiger partial charge in [-0.1, -0.05) is 13.8 Å². The highest BCUT2D eigenvalue weighted by Crippen LogP contribution is 2.21. The molecule has 6 nitrogen and oxygen atoms in total. The average Bonchev–Trinajstić information content (AvgIpc) is 2.69. The first-order valence-electron chi connectivity index (χ1n) is 10.6. The van der Waals surface area contributed by atoms with Gasteiger partial charge < -0.3 is 10.2 Å². The Balaban J connectivity index is 1.58. The molecule has 2 aromatic carbocycles. The van der Waals surface area contributed by atoms with E-state index in [1.807, 2.05) is 6.92 Å². The summed E-state index contributed by atoms with van der Waals surface area (Å²) in [6.45, 7) is 9.27. The summed E-state index contributed by atoms with van der Waals surface area (Å²) in [6.07, 6.45) is 1.23. The molecule has 32 heavy (non-hydrogen) atoms. The van der Waals surface area contributed by atoms with Crippen molar-refractivity contribution in [1.29, 1.82) is 0 Å². The number of hydrogen-bond donors (Lipinski definition) is 2. The van der Waals surface area contributed by atoms with Crippen molar-refractivity contribution in [3.05, 3.63) is 59.7 Å². The van der Waals surface area contributed by atoms with Gasteiger partial charge in [0, 0.05) is 36.9 Å². The number of piperidine rings is 1. The van der Waals surface area contributed by atoms with E-state index in [1.165, 1.54) is 30.7 Å². The maximum atomic E-state index is 13.4. The summed E-state index contributed by atoms with van der Waals surface area (Å²) in [5, 5.41) is 2.98. The minimum Gasteiger partial charge on any atom is -0.348 e. The Morgan fingerprint density at radius 3 is 2.28 bits per heavy atom. The van der Waals surface area contributed by atoms with E-state index in [1.54, 1.807) is 0 Å². The highest BCUT2D eigenvalue weighted by atomic mass is 32.2. The second kappa shape index (κ2) is 9.95. The van der Waals surface area contributed by atoms with Crippen molar-refractivity contribution in [2.24, 2.45) is 11.8 Å². The van der Waals surface area contributed by atoms with Gasteiger partial charge in [-0.05, 0) is 67.6 Å². The molecule has 1 fully saturated rings. The SMILES string of the molecule is CC1CC(C)CN(CC(C)NC(=O)c2ccc(NS(=O)(=O)c3ccc(F)c(F)c3)cc2)C1. The molecule has 1 aliphatic heterocycles. The largest absolute Gasteiger partial charge is 0.348 e. The van der Waals surface area contributed by atoms with Gasteiger partial charge in [0.05, 0.1) is 4.90 Å². The molecule has 1 amide bonds. The number of rotatable bonds is 7. The number of carbonyl (C=O) groups is 1. The summed E-state index contributed by atoms with van der Waals surface area (Å²) >= 11 is 0. The number of nitrogens with zero attached hydrogens (tertiary/aromatic N) is 1. The lowest BCUT2D eigenvalue weighted by atomic mass is 9.92. The summed E-state index contributed by atoms with van der Waals surface area (Å²) in [7, 11) is -4.09. The number of anilines is 1. The molecule has 1 heterocycles. The zero-order valence-electron chi connectivity index (χ0n) is 18.4. The van der Waals surface area contributed by atoms with E-state index in [0.717, 1.165) is 31.8 Å². The first kappa shape index (κ1) is 24.1. The molecular formula is C23H29F2N3O3S. The minimum absolute atomic E-state index is 0.0356. The van der Waals surface area contributed by atoms with Crippen LogP contribution in [0.1, 0.15) is 37.6 Å². The predicted octanol–water partition coefficient (Wildman–Crippen LogP) is 3.86. The zero-order valence-corrected chi connectivity index (χ0v) is 19.3. The fourth-order valence-electron chi connectivity index (χ4n) is 4.23. The fraction of sp³-hybridized carbons (Fsp3) is 0.435. The van der Waals surface area contributed by atoms with Crippen LogP contribution in [0.2, 0.25) is 0 Å². The average molecular weight is 466 g/mol. The normalized spacial score (nSPS) is 20.5. The molecule has 0 aromatic heterocycles. The molecule has 3 unspecified atom stereocenters. The molecule has 3 rings (SSSR count). The number of amides is 1. The maximum absolute atomic E-state index is 13.4. The molecule has 174 valence electrons. The number of sulfonamides is 1. The van der Waals surface area contributed by atoms with Gasteiger partial charge in [0.15, 0.2) is 11.6 Å². The number of halogens is 2. The second-order valence-electron chi connectivity index (χ2n) is 8.80. The van der Waals surface area contributed by atoms with E-state index >= 15 is 0 Å². The Labute approximate surface area is 188 Å². The monoisotopic (exact) mass is 465 g/mol. The van der Waals surface area contributed by atoms with E-state index in [9.17, 15) is 22.0 Å². The molecule has 1 aliphatic rings. The summed E-state index contributed by atoms with van der Waals surface area (Å²) in [5.41, 5.74) is 0.601. The van der Waals surface area contributed by atoms with Gasteiger partial charge in [0.2, 0.25) is 0 Å². The molecule has 2 aromatic rings. The predicted molar refractivity (Wildman–Crippen MR) is 120 cm³/mol. The molecule has 3 atom stereocenters. The second-order valence-corrected chi connectivity index (χ2v) is 10.5. The van der Waals surface area contributed by atoms with Crippen molar-refractivity contribution >= 4 is 21.6 Å². The molecular weight excluding hydrogens is 436 g/mol. The van der Waals surface area contributed by atoms with Crippen LogP contribution in [0.5, 0.6) is 0 Å². The van der Waals surface area contributed by atoms with E-state index in [-0.39, 0.29) is 17.6 Å². The van der Waals surface area contributed by atoms with Crippen molar-refractivity contribution in [1.82, 2.24) is 10.2 Å². The van der Waals surface area contributed by atoms with Gasteiger partial charge in [-0.25, -0.2) is 17.2 Å². The van der Waals surface area contributed by atoms with E-state index in [0.29, 0.717) is 23.5 Å². The van der Waals surface area contributed by atoms with E-state index < -0.39 is 26.6 Å². The maximum Gasteiger partial charge on any atom is 0.261 e. The van der Waals surface area contributed by atoms with Crippen LogP contribution in [0.4, 0.5) is 14.5 Å². The van der Waals surface area contributed by atoms with E-state index in [2.05, 4.69) is 28.8 Å². The van der Waals surface area contributed by atoms with Gasteiger partial charge in [-0.15, -0.1) is 0 Å². The van der Waals surface area contributed by atoms with Crippen LogP contribution in [0.3, 0.4) is 0 Å². The van der Waals surface area contributed by atoms with E-state index in [4.69, 9.17) is 0 Å². The third kappa shape index (κ3) is 6.26. The first-order chi connectivity index (χ1) is 15.0. The van der Waals surface area contributed by atoms with Crippen LogP contribution >= 0.6 is 0 Å². The molecule has 9 heteroatoms. The van der Waals surface area contributed by atoms with Crippen molar-refractivity contribution in [3.63, 3.8) is 0 Å². The Morgan fingerprint density at radius 2 is 1.69 bits per heavy atom.